The molecule has 5 heteroatoms. The molecule has 1 saturated carbocycles. The first-order valence-corrected chi connectivity index (χ1v) is 6.49. The molecular formula is C13H15F3OS. The fourth-order valence-corrected chi connectivity index (χ4v) is 2.43. The van der Waals surface area contributed by atoms with E-state index in [9.17, 15) is 13.2 Å². The van der Waals surface area contributed by atoms with Gasteiger partial charge in [-0.05, 0) is 36.8 Å². The summed E-state index contributed by atoms with van der Waals surface area (Å²) < 4.78 is 43.0. The summed E-state index contributed by atoms with van der Waals surface area (Å²) in [6.45, 7) is 0.442. The Bertz CT molecular complexity index is 407. The summed E-state index contributed by atoms with van der Waals surface area (Å²) in [5.41, 5.74) is -0.620. The molecule has 0 amide bonds. The van der Waals surface area contributed by atoms with E-state index in [0.29, 0.717) is 12.4 Å². The standard InChI is InChI=1S/C13H15F3OS/c14-13(15,16)10-3-1-4-11(7-10)17-8-12(9-18)5-2-6-12/h1,3-4,7,18H,2,5-6,8-9H2. The number of hydrogen-bond donors (Lipinski definition) is 1. The molecule has 1 nitrogen and oxygen atoms in total. The topological polar surface area (TPSA) is 9.23 Å². The van der Waals surface area contributed by atoms with Crippen LogP contribution in [0.2, 0.25) is 0 Å². The Morgan fingerprint density at radius 3 is 2.50 bits per heavy atom. The second-order valence-electron chi connectivity index (χ2n) is 4.83. The molecule has 0 saturated heterocycles. The summed E-state index contributed by atoms with van der Waals surface area (Å²) in [4.78, 5) is 0. The van der Waals surface area contributed by atoms with Crippen molar-refractivity contribution in [3.8, 4) is 5.75 Å². The molecule has 0 aromatic heterocycles. The predicted molar refractivity (Wildman–Crippen MR) is 67.1 cm³/mol. The van der Waals surface area contributed by atoms with E-state index in [1.165, 1.54) is 6.07 Å². The molecule has 0 N–H and O–H groups in total. The average molecular weight is 276 g/mol. The van der Waals surface area contributed by atoms with Gasteiger partial charge in [0.25, 0.3) is 0 Å². The highest BCUT2D eigenvalue weighted by atomic mass is 32.1. The van der Waals surface area contributed by atoms with E-state index in [-0.39, 0.29) is 11.2 Å². The van der Waals surface area contributed by atoms with E-state index < -0.39 is 11.7 Å². The van der Waals surface area contributed by atoms with Crippen LogP contribution in [0.4, 0.5) is 13.2 Å². The number of alkyl halides is 3. The first-order valence-electron chi connectivity index (χ1n) is 5.86. The van der Waals surface area contributed by atoms with Crippen molar-refractivity contribution in [2.75, 3.05) is 12.4 Å². The minimum Gasteiger partial charge on any atom is -0.493 e. The lowest BCUT2D eigenvalue weighted by molar-refractivity contribution is -0.137. The van der Waals surface area contributed by atoms with E-state index >= 15 is 0 Å². The van der Waals surface area contributed by atoms with Gasteiger partial charge in [-0.2, -0.15) is 25.8 Å². The lowest BCUT2D eigenvalue weighted by Crippen LogP contribution is -2.37. The maximum absolute atomic E-state index is 12.5. The molecule has 0 heterocycles. The van der Waals surface area contributed by atoms with Crippen molar-refractivity contribution >= 4 is 12.6 Å². The van der Waals surface area contributed by atoms with Crippen LogP contribution in [0.25, 0.3) is 0 Å². The van der Waals surface area contributed by atoms with Crippen molar-refractivity contribution in [2.24, 2.45) is 5.41 Å². The van der Waals surface area contributed by atoms with Gasteiger partial charge in [0.15, 0.2) is 0 Å². The van der Waals surface area contributed by atoms with Gasteiger partial charge in [0.1, 0.15) is 5.75 Å². The van der Waals surface area contributed by atoms with Crippen LogP contribution < -0.4 is 4.74 Å². The van der Waals surface area contributed by atoms with Crippen LogP contribution in [0.1, 0.15) is 24.8 Å². The Kier molecular flexibility index (Phi) is 3.80. The maximum atomic E-state index is 12.5. The summed E-state index contributed by atoms with van der Waals surface area (Å²) >= 11 is 4.29. The smallest absolute Gasteiger partial charge is 0.416 e. The van der Waals surface area contributed by atoms with Crippen LogP contribution in [0.5, 0.6) is 5.75 Å². The quantitative estimate of drug-likeness (QED) is 0.811. The fraction of sp³-hybridized carbons (Fsp3) is 0.538. The first-order chi connectivity index (χ1) is 8.45. The van der Waals surface area contributed by atoms with Crippen molar-refractivity contribution < 1.29 is 17.9 Å². The summed E-state index contributed by atoms with van der Waals surface area (Å²) in [7, 11) is 0. The molecule has 2 rings (SSSR count). The van der Waals surface area contributed by atoms with Gasteiger partial charge in [-0.1, -0.05) is 12.5 Å². The van der Waals surface area contributed by atoms with Gasteiger partial charge < -0.3 is 4.74 Å². The molecule has 0 unspecified atom stereocenters. The average Bonchev–Trinajstić information content (AvgIpc) is 2.27. The van der Waals surface area contributed by atoms with Gasteiger partial charge in [0, 0.05) is 5.41 Å². The highest BCUT2D eigenvalue weighted by Crippen LogP contribution is 2.42. The number of thiol groups is 1. The van der Waals surface area contributed by atoms with E-state index in [1.54, 1.807) is 6.07 Å². The zero-order chi connectivity index (χ0) is 13.2. The number of benzene rings is 1. The third-order valence-corrected chi connectivity index (χ3v) is 4.13. The minimum absolute atomic E-state index is 0.0529. The Labute approximate surface area is 110 Å². The Morgan fingerprint density at radius 1 is 1.28 bits per heavy atom. The van der Waals surface area contributed by atoms with Crippen molar-refractivity contribution in [3.05, 3.63) is 29.8 Å². The van der Waals surface area contributed by atoms with Crippen LogP contribution in [0.3, 0.4) is 0 Å². The van der Waals surface area contributed by atoms with Gasteiger partial charge >= 0.3 is 6.18 Å². The Balaban J connectivity index is 2.01. The van der Waals surface area contributed by atoms with Crippen LogP contribution in [-0.2, 0) is 6.18 Å². The first kappa shape index (κ1) is 13.6. The van der Waals surface area contributed by atoms with E-state index in [2.05, 4.69) is 12.6 Å². The predicted octanol–water partition coefficient (Wildman–Crippen LogP) is 4.18. The lowest BCUT2D eigenvalue weighted by Gasteiger charge is -2.40. The summed E-state index contributed by atoms with van der Waals surface area (Å²) in [6, 6.07) is 5.02. The Morgan fingerprint density at radius 2 is 2.00 bits per heavy atom. The molecule has 0 aliphatic heterocycles. The fourth-order valence-electron chi connectivity index (χ4n) is 2.02. The molecule has 0 atom stereocenters. The van der Waals surface area contributed by atoms with Crippen LogP contribution >= 0.6 is 12.6 Å². The molecular weight excluding hydrogens is 261 g/mol. The molecule has 1 aromatic rings. The normalized spacial score (nSPS) is 18.2. The van der Waals surface area contributed by atoms with Gasteiger partial charge in [-0.15, -0.1) is 0 Å². The number of rotatable bonds is 4. The molecule has 0 bridgehead atoms. The molecule has 0 radical (unpaired) electrons. The molecule has 1 aliphatic carbocycles. The second kappa shape index (κ2) is 5.03. The van der Waals surface area contributed by atoms with Gasteiger partial charge in [-0.25, -0.2) is 0 Å². The molecule has 100 valence electrons. The van der Waals surface area contributed by atoms with Crippen molar-refractivity contribution in [3.63, 3.8) is 0 Å². The number of halogens is 3. The highest BCUT2D eigenvalue weighted by Gasteiger charge is 2.36. The maximum Gasteiger partial charge on any atom is 0.416 e. The van der Waals surface area contributed by atoms with Crippen LogP contribution in [-0.4, -0.2) is 12.4 Å². The lowest BCUT2D eigenvalue weighted by atomic mass is 9.71. The van der Waals surface area contributed by atoms with Crippen LogP contribution in [0.15, 0.2) is 24.3 Å². The largest absolute Gasteiger partial charge is 0.493 e. The van der Waals surface area contributed by atoms with Gasteiger partial charge in [0.05, 0.1) is 12.2 Å². The molecule has 1 aliphatic rings. The Hall–Kier alpha value is -0.840. The number of hydrogen-bond acceptors (Lipinski definition) is 2. The van der Waals surface area contributed by atoms with Crippen molar-refractivity contribution in [1.29, 1.82) is 0 Å². The summed E-state index contributed by atoms with van der Waals surface area (Å²) in [5, 5.41) is 0. The van der Waals surface area contributed by atoms with Crippen molar-refractivity contribution in [2.45, 2.75) is 25.4 Å². The van der Waals surface area contributed by atoms with Crippen LogP contribution in [0, 0.1) is 5.41 Å². The zero-order valence-electron chi connectivity index (χ0n) is 9.83. The second-order valence-corrected chi connectivity index (χ2v) is 5.14. The molecule has 18 heavy (non-hydrogen) atoms. The highest BCUT2D eigenvalue weighted by molar-refractivity contribution is 7.80. The van der Waals surface area contributed by atoms with E-state index in [1.807, 2.05) is 0 Å². The molecule has 0 spiro atoms. The monoisotopic (exact) mass is 276 g/mol. The van der Waals surface area contributed by atoms with E-state index in [0.717, 1.165) is 31.4 Å². The van der Waals surface area contributed by atoms with E-state index in [4.69, 9.17) is 4.74 Å². The third-order valence-electron chi connectivity index (χ3n) is 3.46. The SMILES string of the molecule is FC(F)(F)c1cccc(OCC2(CS)CCC2)c1. The van der Waals surface area contributed by atoms with Crippen molar-refractivity contribution in [1.82, 2.24) is 0 Å². The van der Waals surface area contributed by atoms with Gasteiger partial charge in [-0.3, -0.25) is 0 Å². The molecule has 1 aromatic carbocycles. The minimum atomic E-state index is -4.32. The number of ether oxygens (including phenoxy) is 1. The van der Waals surface area contributed by atoms with Gasteiger partial charge in [0.2, 0.25) is 0 Å². The zero-order valence-corrected chi connectivity index (χ0v) is 10.7. The third kappa shape index (κ3) is 2.94. The summed E-state index contributed by atoms with van der Waals surface area (Å²) in [5.74, 6) is 0.990. The summed E-state index contributed by atoms with van der Waals surface area (Å²) in [6.07, 6.45) is -1.10. The molecule has 1 fully saturated rings.